The van der Waals surface area contributed by atoms with Gasteiger partial charge in [0.15, 0.2) is 5.69 Å². The summed E-state index contributed by atoms with van der Waals surface area (Å²) in [7, 11) is 0. The first kappa shape index (κ1) is 17.6. The predicted molar refractivity (Wildman–Crippen MR) is 88.1 cm³/mol. The molecule has 8 heteroatoms. The highest BCUT2D eigenvalue weighted by atomic mass is 16.6. The fraction of sp³-hybridized carbons (Fsp3) is 0.375. The summed E-state index contributed by atoms with van der Waals surface area (Å²) in [5.74, 6) is -0.330. The average molecular weight is 332 g/mol. The molecule has 0 fully saturated rings. The number of hydrogen-bond acceptors (Lipinski definition) is 5. The number of nitrogens with zero attached hydrogens (tertiary/aromatic N) is 4. The molecule has 1 heterocycles. The van der Waals surface area contributed by atoms with Gasteiger partial charge in [-0.15, -0.1) is 0 Å². The van der Waals surface area contributed by atoms with E-state index in [0.29, 0.717) is 0 Å². The summed E-state index contributed by atoms with van der Waals surface area (Å²) in [6.45, 7) is 5.49. The molecule has 8 nitrogen and oxygen atoms in total. The number of para-hydroxylation sites is 2. The van der Waals surface area contributed by atoms with Crippen LogP contribution in [-0.4, -0.2) is 49.3 Å². The molecule has 1 N–H and O–H groups in total. The van der Waals surface area contributed by atoms with Crippen LogP contribution < -0.4 is 0 Å². The van der Waals surface area contributed by atoms with Crippen LogP contribution in [0.5, 0.6) is 0 Å². The quantitative estimate of drug-likeness (QED) is 0.644. The lowest BCUT2D eigenvalue weighted by Gasteiger charge is -2.27. The number of benzene rings is 1. The lowest BCUT2D eigenvalue weighted by molar-refractivity contribution is -0.384. The second kappa shape index (κ2) is 7.22. The molecule has 0 aliphatic heterocycles. The minimum atomic E-state index is -0.659. The molecule has 128 valence electrons. The Bertz CT molecular complexity index is 739. The number of carbonyl (C=O) groups is 1. The molecule has 0 saturated heterocycles. The SMILES string of the molecule is CC(O)CN(C(=O)c1ccn(-c2ccccc2[N+](=O)[O-])n1)C(C)C. The monoisotopic (exact) mass is 332 g/mol. The number of carbonyl (C=O) groups excluding carboxylic acids is 1. The van der Waals surface area contributed by atoms with Gasteiger partial charge in [-0.25, -0.2) is 4.68 Å². The second-order valence-electron chi connectivity index (χ2n) is 5.79. The maximum Gasteiger partial charge on any atom is 0.294 e. The van der Waals surface area contributed by atoms with Crippen molar-refractivity contribution in [2.75, 3.05) is 6.54 Å². The molecule has 1 unspecified atom stereocenters. The molecular weight excluding hydrogens is 312 g/mol. The molecule has 2 rings (SSSR count). The Morgan fingerprint density at radius 1 is 1.33 bits per heavy atom. The predicted octanol–water partition coefficient (Wildman–Crippen LogP) is 2.01. The summed E-state index contributed by atoms with van der Waals surface area (Å²) in [6, 6.07) is 7.58. The molecule has 2 aromatic rings. The number of hydrogen-bond donors (Lipinski definition) is 1. The Morgan fingerprint density at radius 3 is 2.58 bits per heavy atom. The zero-order valence-electron chi connectivity index (χ0n) is 13.8. The largest absolute Gasteiger partial charge is 0.392 e. The molecule has 0 radical (unpaired) electrons. The first-order valence-corrected chi connectivity index (χ1v) is 7.59. The van der Waals surface area contributed by atoms with Crippen LogP contribution in [0.25, 0.3) is 5.69 Å². The topological polar surface area (TPSA) is 102 Å². The number of rotatable bonds is 6. The van der Waals surface area contributed by atoms with Gasteiger partial charge in [-0.3, -0.25) is 14.9 Å². The fourth-order valence-electron chi connectivity index (χ4n) is 2.34. The Balaban J connectivity index is 2.34. The van der Waals surface area contributed by atoms with Crippen LogP contribution in [0.1, 0.15) is 31.3 Å². The molecule has 0 bridgehead atoms. The molecule has 1 aromatic heterocycles. The molecule has 0 aliphatic rings. The van der Waals surface area contributed by atoms with E-state index in [-0.39, 0.29) is 35.6 Å². The third-order valence-corrected chi connectivity index (χ3v) is 3.48. The zero-order chi connectivity index (χ0) is 17.9. The van der Waals surface area contributed by atoms with E-state index in [4.69, 9.17) is 0 Å². The van der Waals surface area contributed by atoms with Gasteiger partial charge in [-0.05, 0) is 32.9 Å². The molecule has 1 aromatic carbocycles. The van der Waals surface area contributed by atoms with Crippen molar-refractivity contribution in [2.45, 2.75) is 32.9 Å². The first-order valence-electron chi connectivity index (χ1n) is 7.59. The van der Waals surface area contributed by atoms with Gasteiger partial charge in [0, 0.05) is 24.8 Å². The van der Waals surface area contributed by atoms with Crippen molar-refractivity contribution in [1.82, 2.24) is 14.7 Å². The maximum atomic E-state index is 12.6. The Kier molecular flexibility index (Phi) is 5.30. The number of aliphatic hydroxyl groups is 1. The Labute approximate surface area is 139 Å². The standard InChI is InChI=1S/C16H20N4O4/c1-11(2)18(10-12(3)21)16(22)13-8-9-19(17-13)14-6-4-5-7-15(14)20(23)24/h4-9,11-12,21H,10H2,1-3H3. The lowest BCUT2D eigenvalue weighted by Crippen LogP contribution is -2.41. The van der Waals surface area contributed by atoms with E-state index in [0.717, 1.165) is 0 Å². The van der Waals surface area contributed by atoms with E-state index in [9.17, 15) is 20.0 Å². The van der Waals surface area contributed by atoms with Crippen molar-refractivity contribution < 1.29 is 14.8 Å². The Hall–Kier alpha value is -2.74. The average Bonchev–Trinajstić information content (AvgIpc) is 3.01. The number of aliphatic hydroxyl groups excluding tert-OH is 1. The molecule has 24 heavy (non-hydrogen) atoms. The Morgan fingerprint density at radius 2 is 2.00 bits per heavy atom. The highest BCUT2D eigenvalue weighted by Crippen LogP contribution is 2.22. The molecule has 0 spiro atoms. The highest BCUT2D eigenvalue weighted by molar-refractivity contribution is 5.92. The number of nitro groups is 1. The van der Waals surface area contributed by atoms with Crippen molar-refractivity contribution in [1.29, 1.82) is 0 Å². The van der Waals surface area contributed by atoms with Gasteiger partial charge >= 0.3 is 0 Å². The van der Waals surface area contributed by atoms with Crippen LogP contribution in [0.2, 0.25) is 0 Å². The smallest absolute Gasteiger partial charge is 0.294 e. The van der Waals surface area contributed by atoms with Crippen LogP contribution in [0.3, 0.4) is 0 Å². The van der Waals surface area contributed by atoms with Crippen molar-refractivity contribution in [2.24, 2.45) is 0 Å². The number of amides is 1. The van der Waals surface area contributed by atoms with Crippen molar-refractivity contribution in [3.05, 3.63) is 52.3 Å². The van der Waals surface area contributed by atoms with E-state index in [1.54, 1.807) is 25.1 Å². The minimum Gasteiger partial charge on any atom is -0.392 e. The van der Waals surface area contributed by atoms with Crippen molar-refractivity contribution >= 4 is 11.6 Å². The van der Waals surface area contributed by atoms with Gasteiger partial charge in [0.25, 0.3) is 11.6 Å². The fourth-order valence-corrected chi connectivity index (χ4v) is 2.34. The molecule has 1 amide bonds. The minimum absolute atomic E-state index is 0.0932. The zero-order valence-corrected chi connectivity index (χ0v) is 13.8. The van der Waals surface area contributed by atoms with Crippen molar-refractivity contribution in [3.63, 3.8) is 0 Å². The summed E-state index contributed by atoms with van der Waals surface area (Å²) in [5, 5.41) is 24.8. The summed E-state index contributed by atoms with van der Waals surface area (Å²) < 4.78 is 1.31. The van der Waals surface area contributed by atoms with Gasteiger partial charge < -0.3 is 10.0 Å². The van der Waals surface area contributed by atoms with Gasteiger partial charge in [-0.1, -0.05) is 12.1 Å². The van der Waals surface area contributed by atoms with Crippen LogP contribution in [0.4, 0.5) is 5.69 Å². The lowest BCUT2D eigenvalue weighted by atomic mass is 10.2. The summed E-state index contributed by atoms with van der Waals surface area (Å²) in [6.07, 6.45) is 0.852. The molecular formula is C16H20N4O4. The third-order valence-electron chi connectivity index (χ3n) is 3.48. The first-order chi connectivity index (χ1) is 11.3. The van der Waals surface area contributed by atoms with Crippen LogP contribution >= 0.6 is 0 Å². The highest BCUT2D eigenvalue weighted by Gasteiger charge is 2.23. The van der Waals surface area contributed by atoms with E-state index in [1.807, 2.05) is 13.8 Å². The van der Waals surface area contributed by atoms with E-state index in [1.165, 1.54) is 27.9 Å². The van der Waals surface area contributed by atoms with E-state index < -0.39 is 11.0 Å². The number of nitro benzene ring substituents is 1. The normalized spacial score (nSPS) is 12.2. The van der Waals surface area contributed by atoms with Gasteiger partial charge in [-0.2, -0.15) is 5.10 Å². The van der Waals surface area contributed by atoms with Gasteiger partial charge in [0.05, 0.1) is 11.0 Å². The molecule has 1 atom stereocenters. The van der Waals surface area contributed by atoms with Crippen molar-refractivity contribution in [3.8, 4) is 5.69 Å². The summed E-state index contributed by atoms with van der Waals surface area (Å²) in [4.78, 5) is 24.7. The van der Waals surface area contributed by atoms with Gasteiger partial charge in [0.1, 0.15) is 5.69 Å². The van der Waals surface area contributed by atoms with Gasteiger partial charge in [0.2, 0.25) is 0 Å². The maximum absolute atomic E-state index is 12.6. The van der Waals surface area contributed by atoms with Crippen LogP contribution in [0, 0.1) is 10.1 Å². The third kappa shape index (κ3) is 3.77. The van der Waals surface area contributed by atoms with Crippen LogP contribution in [-0.2, 0) is 0 Å². The molecule has 0 saturated carbocycles. The van der Waals surface area contributed by atoms with Crippen LogP contribution in [0.15, 0.2) is 36.5 Å². The van der Waals surface area contributed by atoms with E-state index in [2.05, 4.69) is 5.10 Å². The van der Waals surface area contributed by atoms with E-state index >= 15 is 0 Å². The second-order valence-corrected chi connectivity index (χ2v) is 5.79. The number of aromatic nitrogens is 2. The summed E-state index contributed by atoms with van der Waals surface area (Å²) in [5.41, 5.74) is 0.361. The summed E-state index contributed by atoms with van der Waals surface area (Å²) >= 11 is 0. The molecule has 0 aliphatic carbocycles.